The maximum atomic E-state index is 4.61. The first-order valence-corrected chi connectivity index (χ1v) is 10.1. The molecule has 144 valence electrons. The fourth-order valence-corrected chi connectivity index (χ4v) is 4.22. The Morgan fingerprint density at radius 3 is 2.25 bits per heavy atom. The van der Waals surface area contributed by atoms with Crippen LogP contribution < -0.4 is 14.7 Å². The Kier molecular flexibility index (Phi) is 4.43. The van der Waals surface area contributed by atoms with E-state index in [0.717, 1.165) is 67.5 Å². The summed E-state index contributed by atoms with van der Waals surface area (Å²) < 4.78 is 0. The van der Waals surface area contributed by atoms with Gasteiger partial charge in [-0.2, -0.15) is 0 Å². The van der Waals surface area contributed by atoms with Crippen molar-refractivity contribution in [2.24, 2.45) is 0 Å². The third-order valence-corrected chi connectivity index (χ3v) is 5.76. The Morgan fingerprint density at radius 2 is 1.46 bits per heavy atom. The quantitative estimate of drug-likeness (QED) is 0.697. The van der Waals surface area contributed by atoms with E-state index in [4.69, 9.17) is 0 Å². The van der Waals surface area contributed by atoms with Crippen molar-refractivity contribution in [3.63, 3.8) is 0 Å². The highest BCUT2D eigenvalue weighted by molar-refractivity contribution is 5.92. The third kappa shape index (κ3) is 3.21. The number of hydrogen-bond acceptors (Lipinski definition) is 7. The SMILES string of the molecule is Cc1cc(N2CCN(c3ccc4ncnc(N5CCCC5)c4c3)CC2)ncn1. The average molecular weight is 375 g/mol. The normalized spacial score (nSPS) is 17.5. The van der Waals surface area contributed by atoms with Crippen molar-refractivity contribution in [1.82, 2.24) is 19.9 Å². The van der Waals surface area contributed by atoms with Crippen LogP contribution in [0.4, 0.5) is 17.3 Å². The van der Waals surface area contributed by atoms with Crippen LogP contribution in [0.1, 0.15) is 18.5 Å². The van der Waals surface area contributed by atoms with E-state index in [1.165, 1.54) is 18.5 Å². The van der Waals surface area contributed by atoms with Gasteiger partial charge in [0.2, 0.25) is 0 Å². The third-order valence-electron chi connectivity index (χ3n) is 5.76. The van der Waals surface area contributed by atoms with Gasteiger partial charge in [-0.1, -0.05) is 0 Å². The molecular weight excluding hydrogens is 350 g/mol. The molecule has 0 unspecified atom stereocenters. The zero-order valence-corrected chi connectivity index (χ0v) is 16.3. The number of rotatable bonds is 3. The van der Waals surface area contributed by atoms with Crippen LogP contribution in [0.2, 0.25) is 0 Å². The minimum Gasteiger partial charge on any atom is -0.368 e. The molecule has 0 aliphatic carbocycles. The molecule has 0 saturated carbocycles. The van der Waals surface area contributed by atoms with E-state index in [2.05, 4.69) is 58.9 Å². The molecule has 1 aromatic carbocycles. The second-order valence-electron chi connectivity index (χ2n) is 7.58. The van der Waals surface area contributed by atoms with Crippen molar-refractivity contribution in [2.75, 3.05) is 54.0 Å². The van der Waals surface area contributed by atoms with Crippen molar-refractivity contribution >= 4 is 28.2 Å². The largest absolute Gasteiger partial charge is 0.368 e. The van der Waals surface area contributed by atoms with Gasteiger partial charge in [0, 0.05) is 62.1 Å². The molecule has 2 saturated heterocycles. The second kappa shape index (κ2) is 7.22. The van der Waals surface area contributed by atoms with E-state index in [9.17, 15) is 0 Å². The Bertz CT molecular complexity index is 975. The van der Waals surface area contributed by atoms with E-state index in [0.29, 0.717) is 0 Å². The Balaban J connectivity index is 1.37. The van der Waals surface area contributed by atoms with E-state index in [1.54, 1.807) is 12.7 Å². The zero-order valence-electron chi connectivity index (χ0n) is 16.3. The first kappa shape index (κ1) is 17.2. The van der Waals surface area contributed by atoms with Crippen LogP contribution in [0.3, 0.4) is 0 Å². The maximum Gasteiger partial charge on any atom is 0.139 e. The number of hydrogen-bond donors (Lipinski definition) is 0. The van der Waals surface area contributed by atoms with Crippen LogP contribution in [0, 0.1) is 6.92 Å². The molecule has 0 radical (unpaired) electrons. The number of benzene rings is 1. The molecule has 2 aromatic heterocycles. The zero-order chi connectivity index (χ0) is 18.9. The highest BCUT2D eigenvalue weighted by Crippen LogP contribution is 2.30. The van der Waals surface area contributed by atoms with Gasteiger partial charge >= 0.3 is 0 Å². The molecule has 2 fully saturated rings. The summed E-state index contributed by atoms with van der Waals surface area (Å²) in [5.74, 6) is 2.11. The second-order valence-corrected chi connectivity index (χ2v) is 7.58. The van der Waals surface area contributed by atoms with Crippen LogP contribution >= 0.6 is 0 Å². The van der Waals surface area contributed by atoms with Gasteiger partial charge in [-0.3, -0.25) is 0 Å². The molecule has 28 heavy (non-hydrogen) atoms. The predicted molar refractivity (Wildman–Crippen MR) is 112 cm³/mol. The lowest BCUT2D eigenvalue weighted by Crippen LogP contribution is -2.46. The Morgan fingerprint density at radius 1 is 0.714 bits per heavy atom. The van der Waals surface area contributed by atoms with Crippen LogP contribution in [-0.2, 0) is 0 Å². The van der Waals surface area contributed by atoms with Gasteiger partial charge in [-0.15, -0.1) is 0 Å². The van der Waals surface area contributed by atoms with Crippen molar-refractivity contribution in [2.45, 2.75) is 19.8 Å². The number of aryl methyl sites for hydroxylation is 1. The summed E-state index contributed by atoms with van der Waals surface area (Å²) in [7, 11) is 0. The molecule has 0 amide bonds. The summed E-state index contributed by atoms with van der Waals surface area (Å²) in [6, 6.07) is 8.65. The summed E-state index contributed by atoms with van der Waals surface area (Å²) in [4.78, 5) is 24.9. The minimum absolute atomic E-state index is 0.957. The van der Waals surface area contributed by atoms with Gasteiger partial charge in [0.25, 0.3) is 0 Å². The lowest BCUT2D eigenvalue weighted by Gasteiger charge is -2.36. The van der Waals surface area contributed by atoms with E-state index in [-0.39, 0.29) is 0 Å². The number of aromatic nitrogens is 4. The first-order valence-electron chi connectivity index (χ1n) is 10.1. The molecule has 0 N–H and O–H groups in total. The highest BCUT2D eigenvalue weighted by Gasteiger charge is 2.21. The van der Waals surface area contributed by atoms with E-state index in [1.807, 2.05) is 6.92 Å². The van der Waals surface area contributed by atoms with Gasteiger partial charge in [-0.05, 0) is 38.0 Å². The van der Waals surface area contributed by atoms with E-state index < -0.39 is 0 Å². The fourth-order valence-electron chi connectivity index (χ4n) is 4.22. The van der Waals surface area contributed by atoms with Gasteiger partial charge in [0.15, 0.2) is 0 Å². The van der Waals surface area contributed by atoms with Crippen LogP contribution in [-0.4, -0.2) is 59.2 Å². The molecule has 3 aromatic rings. The van der Waals surface area contributed by atoms with Crippen molar-refractivity contribution in [3.8, 4) is 0 Å². The van der Waals surface area contributed by atoms with Crippen LogP contribution in [0.15, 0.2) is 36.9 Å². The summed E-state index contributed by atoms with van der Waals surface area (Å²) in [5, 5.41) is 1.16. The number of fused-ring (bicyclic) bond motifs is 1. The van der Waals surface area contributed by atoms with Crippen molar-refractivity contribution < 1.29 is 0 Å². The Hall–Kier alpha value is -2.96. The van der Waals surface area contributed by atoms with Crippen molar-refractivity contribution in [1.29, 1.82) is 0 Å². The molecule has 2 aliphatic rings. The lowest BCUT2D eigenvalue weighted by atomic mass is 10.1. The molecule has 7 nitrogen and oxygen atoms in total. The van der Waals surface area contributed by atoms with Crippen LogP contribution in [0.5, 0.6) is 0 Å². The number of nitrogens with zero attached hydrogens (tertiary/aromatic N) is 7. The monoisotopic (exact) mass is 375 g/mol. The molecule has 2 aliphatic heterocycles. The molecule has 0 spiro atoms. The lowest BCUT2D eigenvalue weighted by molar-refractivity contribution is 0.646. The molecular formula is C21H25N7. The molecule has 0 bridgehead atoms. The van der Waals surface area contributed by atoms with Crippen molar-refractivity contribution in [3.05, 3.63) is 42.6 Å². The Labute approximate surface area is 165 Å². The standard InChI is InChI=1S/C21H25N7/c1-16-12-20(24-14-22-16)27-10-8-26(9-11-27)17-4-5-19-18(13-17)21(25-15-23-19)28-6-2-3-7-28/h4-5,12-15H,2-3,6-11H2,1H3. The predicted octanol–water partition coefficient (Wildman–Crippen LogP) is 2.66. The van der Waals surface area contributed by atoms with Gasteiger partial charge < -0.3 is 14.7 Å². The summed E-state index contributed by atoms with van der Waals surface area (Å²) in [6.07, 6.45) is 5.84. The van der Waals surface area contributed by atoms with Gasteiger partial charge in [0.05, 0.1) is 5.52 Å². The maximum absolute atomic E-state index is 4.61. The molecule has 4 heterocycles. The summed E-state index contributed by atoms with van der Waals surface area (Å²) in [5.41, 5.74) is 3.29. The first-order chi connectivity index (χ1) is 13.8. The molecule has 0 atom stereocenters. The minimum atomic E-state index is 0.957. The highest BCUT2D eigenvalue weighted by atomic mass is 15.3. The summed E-state index contributed by atoms with van der Waals surface area (Å²) in [6.45, 7) is 8.05. The van der Waals surface area contributed by atoms with Gasteiger partial charge in [0.1, 0.15) is 24.3 Å². The smallest absolute Gasteiger partial charge is 0.139 e. The van der Waals surface area contributed by atoms with E-state index >= 15 is 0 Å². The summed E-state index contributed by atoms with van der Waals surface area (Å²) >= 11 is 0. The number of piperazine rings is 1. The topological polar surface area (TPSA) is 61.3 Å². The fraction of sp³-hybridized carbons (Fsp3) is 0.429. The molecule has 7 heteroatoms. The van der Waals surface area contributed by atoms with Crippen LogP contribution in [0.25, 0.3) is 10.9 Å². The average Bonchev–Trinajstić information content (AvgIpc) is 3.28. The number of anilines is 3. The molecule has 5 rings (SSSR count). The van der Waals surface area contributed by atoms with Gasteiger partial charge in [-0.25, -0.2) is 19.9 Å².